The number of fused-ring (bicyclic) bond motifs is 1. The zero-order valence-electron chi connectivity index (χ0n) is 14.2. The van der Waals surface area contributed by atoms with E-state index < -0.39 is 0 Å². The lowest BCUT2D eigenvalue weighted by molar-refractivity contribution is 0.0976. The van der Waals surface area contributed by atoms with Gasteiger partial charge in [-0.1, -0.05) is 35.9 Å². The molecule has 26 heavy (non-hydrogen) atoms. The van der Waals surface area contributed by atoms with Gasteiger partial charge in [0.15, 0.2) is 0 Å². The summed E-state index contributed by atoms with van der Waals surface area (Å²) in [6, 6.07) is 15.4. The quantitative estimate of drug-likeness (QED) is 0.745. The van der Waals surface area contributed by atoms with Gasteiger partial charge >= 0.3 is 0 Å². The summed E-state index contributed by atoms with van der Waals surface area (Å²) in [7, 11) is 0. The van der Waals surface area contributed by atoms with Crippen molar-refractivity contribution in [3.05, 3.63) is 77.2 Å². The predicted molar refractivity (Wildman–Crippen MR) is 103 cm³/mol. The minimum Gasteiger partial charge on any atom is -0.339 e. The van der Waals surface area contributed by atoms with E-state index >= 15 is 0 Å². The summed E-state index contributed by atoms with van der Waals surface area (Å²) in [5, 5.41) is 3.76. The third-order valence-electron chi connectivity index (χ3n) is 4.39. The van der Waals surface area contributed by atoms with E-state index in [0.29, 0.717) is 16.5 Å². The van der Waals surface area contributed by atoms with Gasteiger partial charge in [0.2, 0.25) is 0 Å². The number of benzene rings is 2. The molecule has 5 nitrogen and oxygen atoms in total. The van der Waals surface area contributed by atoms with Crippen LogP contribution in [0, 0.1) is 0 Å². The van der Waals surface area contributed by atoms with Crippen LogP contribution in [0.3, 0.4) is 0 Å². The topological polar surface area (TPSA) is 58.1 Å². The SMILES string of the molecule is CC1Cc2ccccc2N1C(=O)c1cnc(Nc2cccc(Cl)c2)cn1. The highest BCUT2D eigenvalue weighted by atomic mass is 35.5. The lowest BCUT2D eigenvalue weighted by Crippen LogP contribution is -2.36. The number of anilines is 3. The van der Waals surface area contributed by atoms with Crippen LogP contribution < -0.4 is 10.2 Å². The minimum atomic E-state index is -0.135. The van der Waals surface area contributed by atoms with Crippen molar-refractivity contribution in [3.8, 4) is 0 Å². The predicted octanol–water partition coefficient (Wildman–Crippen LogP) is 4.47. The van der Waals surface area contributed by atoms with Crippen molar-refractivity contribution in [2.45, 2.75) is 19.4 Å². The van der Waals surface area contributed by atoms with Gasteiger partial charge in [0.1, 0.15) is 11.5 Å². The number of hydrogen-bond acceptors (Lipinski definition) is 4. The van der Waals surface area contributed by atoms with Crippen molar-refractivity contribution in [2.75, 3.05) is 10.2 Å². The third-order valence-corrected chi connectivity index (χ3v) is 4.63. The van der Waals surface area contributed by atoms with E-state index in [1.807, 2.05) is 37.3 Å². The number of para-hydroxylation sites is 1. The molecule has 3 aromatic rings. The van der Waals surface area contributed by atoms with Crippen LogP contribution in [0.25, 0.3) is 0 Å². The average molecular weight is 365 g/mol. The molecule has 1 atom stereocenters. The largest absolute Gasteiger partial charge is 0.339 e. The first-order valence-electron chi connectivity index (χ1n) is 8.38. The molecule has 0 radical (unpaired) electrons. The smallest absolute Gasteiger partial charge is 0.278 e. The van der Waals surface area contributed by atoms with Gasteiger partial charge in [-0.15, -0.1) is 0 Å². The number of nitrogens with one attached hydrogen (secondary N) is 1. The first-order valence-corrected chi connectivity index (χ1v) is 8.76. The van der Waals surface area contributed by atoms with Crippen molar-refractivity contribution < 1.29 is 4.79 Å². The molecule has 2 heterocycles. The van der Waals surface area contributed by atoms with Crippen molar-refractivity contribution >= 4 is 34.7 Å². The van der Waals surface area contributed by atoms with Gasteiger partial charge in [-0.2, -0.15) is 0 Å². The van der Waals surface area contributed by atoms with Gasteiger partial charge in [-0.3, -0.25) is 4.79 Å². The fourth-order valence-electron chi connectivity index (χ4n) is 3.22. The Labute approximate surface area is 156 Å². The van der Waals surface area contributed by atoms with Crippen LogP contribution in [0.2, 0.25) is 5.02 Å². The number of nitrogens with zero attached hydrogens (tertiary/aromatic N) is 3. The van der Waals surface area contributed by atoms with Crippen molar-refractivity contribution in [2.24, 2.45) is 0 Å². The highest BCUT2D eigenvalue weighted by Crippen LogP contribution is 2.32. The summed E-state index contributed by atoms with van der Waals surface area (Å²) >= 11 is 5.98. The molecular formula is C20H17ClN4O. The Kier molecular flexibility index (Phi) is 4.31. The van der Waals surface area contributed by atoms with Gasteiger partial charge in [0, 0.05) is 22.4 Å². The molecule has 1 aliphatic rings. The van der Waals surface area contributed by atoms with Crippen LogP contribution >= 0.6 is 11.6 Å². The molecule has 0 spiro atoms. The van der Waals surface area contributed by atoms with Crippen LogP contribution in [0.1, 0.15) is 23.0 Å². The maximum absolute atomic E-state index is 12.9. The van der Waals surface area contributed by atoms with E-state index in [-0.39, 0.29) is 11.9 Å². The molecule has 2 aromatic carbocycles. The lowest BCUT2D eigenvalue weighted by Gasteiger charge is -2.22. The summed E-state index contributed by atoms with van der Waals surface area (Å²) in [6.07, 6.45) is 3.91. The Morgan fingerprint density at radius 1 is 1.15 bits per heavy atom. The number of halogens is 1. The molecule has 1 aromatic heterocycles. The molecule has 130 valence electrons. The fraction of sp³-hybridized carbons (Fsp3) is 0.150. The van der Waals surface area contributed by atoms with Crippen molar-refractivity contribution in [1.82, 2.24) is 9.97 Å². The molecule has 4 rings (SSSR count). The number of carbonyl (C=O) groups is 1. The monoisotopic (exact) mass is 364 g/mol. The van der Waals surface area contributed by atoms with Gasteiger partial charge in [0.25, 0.3) is 5.91 Å². The molecular weight excluding hydrogens is 348 g/mol. The fourth-order valence-corrected chi connectivity index (χ4v) is 3.41. The lowest BCUT2D eigenvalue weighted by atomic mass is 10.1. The summed E-state index contributed by atoms with van der Waals surface area (Å²) in [5.74, 6) is 0.419. The molecule has 1 aliphatic heterocycles. The summed E-state index contributed by atoms with van der Waals surface area (Å²) in [5.41, 5.74) is 3.27. The Balaban J connectivity index is 1.54. The second-order valence-electron chi connectivity index (χ2n) is 6.28. The first-order chi connectivity index (χ1) is 12.6. The zero-order chi connectivity index (χ0) is 18.1. The number of amides is 1. The highest BCUT2D eigenvalue weighted by Gasteiger charge is 2.31. The van der Waals surface area contributed by atoms with E-state index in [1.54, 1.807) is 23.2 Å². The highest BCUT2D eigenvalue weighted by molar-refractivity contribution is 6.30. The molecule has 1 amide bonds. The van der Waals surface area contributed by atoms with E-state index in [0.717, 1.165) is 17.8 Å². The van der Waals surface area contributed by atoms with E-state index in [1.165, 1.54) is 11.8 Å². The summed E-state index contributed by atoms with van der Waals surface area (Å²) in [4.78, 5) is 23.3. The van der Waals surface area contributed by atoms with E-state index in [9.17, 15) is 4.79 Å². The van der Waals surface area contributed by atoms with Crippen LogP contribution in [0.15, 0.2) is 60.9 Å². The van der Waals surface area contributed by atoms with Crippen LogP contribution in [0.4, 0.5) is 17.2 Å². The first kappa shape index (κ1) is 16.5. The molecule has 0 saturated heterocycles. The molecule has 1 N–H and O–H groups in total. The number of rotatable bonds is 3. The maximum Gasteiger partial charge on any atom is 0.278 e. The van der Waals surface area contributed by atoms with Crippen molar-refractivity contribution in [3.63, 3.8) is 0 Å². The summed E-state index contributed by atoms with van der Waals surface area (Å²) in [6.45, 7) is 2.04. The summed E-state index contributed by atoms with van der Waals surface area (Å²) < 4.78 is 0. The van der Waals surface area contributed by atoms with Crippen LogP contribution in [-0.4, -0.2) is 21.9 Å². The maximum atomic E-state index is 12.9. The van der Waals surface area contributed by atoms with Crippen molar-refractivity contribution in [1.29, 1.82) is 0 Å². The second kappa shape index (κ2) is 6.77. The Hall–Kier alpha value is -2.92. The van der Waals surface area contributed by atoms with Gasteiger partial charge in [-0.25, -0.2) is 9.97 Å². The third kappa shape index (κ3) is 3.13. The average Bonchev–Trinajstić information content (AvgIpc) is 2.97. The second-order valence-corrected chi connectivity index (χ2v) is 6.72. The number of hydrogen-bond donors (Lipinski definition) is 1. The molecule has 0 saturated carbocycles. The van der Waals surface area contributed by atoms with Crippen LogP contribution in [-0.2, 0) is 6.42 Å². The molecule has 0 fully saturated rings. The Morgan fingerprint density at radius 3 is 2.77 bits per heavy atom. The number of carbonyl (C=O) groups excluding carboxylic acids is 1. The molecule has 6 heteroatoms. The normalized spacial score (nSPS) is 15.6. The zero-order valence-corrected chi connectivity index (χ0v) is 14.9. The van der Waals surface area contributed by atoms with Gasteiger partial charge < -0.3 is 10.2 Å². The van der Waals surface area contributed by atoms with Crippen LogP contribution in [0.5, 0.6) is 0 Å². The minimum absolute atomic E-state index is 0.103. The molecule has 1 unspecified atom stereocenters. The Morgan fingerprint density at radius 2 is 2.00 bits per heavy atom. The molecule has 0 bridgehead atoms. The van der Waals surface area contributed by atoms with Gasteiger partial charge in [-0.05, 0) is 43.2 Å². The molecule has 0 aliphatic carbocycles. The Bertz CT molecular complexity index is 958. The standard InChI is InChI=1S/C20H17ClN4O/c1-13-9-14-5-2-3-8-18(14)25(13)20(26)17-11-23-19(12-22-17)24-16-7-4-6-15(21)10-16/h2-8,10-13H,9H2,1H3,(H,23,24). The van der Waals surface area contributed by atoms with E-state index in [2.05, 4.69) is 21.4 Å². The van der Waals surface area contributed by atoms with E-state index in [4.69, 9.17) is 11.6 Å². The van der Waals surface area contributed by atoms with Gasteiger partial charge in [0.05, 0.1) is 12.4 Å². The number of aromatic nitrogens is 2.